The SMILES string of the molecule is CNC(=O)C1=CC(F)C=CC=C1CNC(=O)c1nc(N(C)C(C)=O)c2cccnc2c1O. The van der Waals surface area contributed by atoms with Gasteiger partial charge in [-0.2, -0.15) is 0 Å². The Morgan fingerprint density at radius 1 is 1.28 bits per heavy atom. The molecular weight excluding hydrogens is 417 g/mol. The highest BCUT2D eigenvalue weighted by Gasteiger charge is 2.24. The van der Waals surface area contributed by atoms with E-state index in [-0.39, 0.29) is 35.1 Å². The Labute approximate surface area is 183 Å². The summed E-state index contributed by atoms with van der Waals surface area (Å²) in [5, 5.41) is 16.0. The van der Waals surface area contributed by atoms with Crippen molar-refractivity contribution in [2.24, 2.45) is 0 Å². The lowest BCUT2D eigenvalue weighted by molar-refractivity contribution is -0.117. The van der Waals surface area contributed by atoms with Gasteiger partial charge in [-0.15, -0.1) is 0 Å². The molecule has 0 radical (unpaired) electrons. The number of aromatic nitrogens is 2. The third kappa shape index (κ3) is 4.48. The molecule has 3 N–H and O–H groups in total. The highest BCUT2D eigenvalue weighted by atomic mass is 19.1. The Balaban J connectivity index is 1.95. The van der Waals surface area contributed by atoms with Gasteiger partial charge >= 0.3 is 0 Å². The van der Waals surface area contributed by atoms with E-state index in [9.17, 15) is 23.9 Å². The van der Waals surface area contributed by atoms with Crippen LogP contribution < -0.4 is 15.5 Å². The molecule has 9 nitrogen and oxygen atoms in total. The first kappa shape index (κ1) is 22.6. The number of alkyl halides is 1. The summed E-state index contributed by atoms with van der Waals surface area (Å²) < 4.78 is 13.9. The van der Waals surface area contributed by atoms with Crippen LogP contribution in [0.25, 0.3) is 10.9 Å². The lowest BCUT2D eigenvalue weighted by atomic mass is 10.0. The van der Waals surface area contributed by atoms with E-state index in [4.69, 9.17) is 0 Å². The van der Waals surface area contributed by atoms with Crippen LogP contribution in [0.1, 0.15) is 17.4 Å². The largest absolute Gasteiger partial charge is 0.504 e. The van der Waals surface area contributed by atoms with Crippen LogP contribution in [0, 0.1) is 0 Å². The molecule has 1 aliphatic rings. The molecule has 0 saturated carbocycles. The second-order valence-electron chi connectivity index (χ2n) is 6.97. The van der Waals surface area contributed by atoms with Crippen LogP contribution in [-0.2, 0) is 9.59 Å². The van der Waals surface area contributed by atoms with Gasteiger partial charge in [0.05, 0.1) is 0 Å². The average Bonchev–Trinajstić information content (AvgIpc) is 2.97. The zero-order valence-electron chi connectivity index (χ0n) is 17.7. The molecule has 0 saturated heterocycles. The molecule has 1 aliphatic carbocycles. The molecule has 0 bridgehead atoms. The van der Waals surface area contributed by atoms with Gasteiger partial charge in [-0.25, -0.2) is 9.37 Å². The van der Waals surface area contributed by atoms with Crippen molar-refractivity contribution >= 4 is 34.4 Å². The van der Waals surface area contributed by atoms with Gasteiger partial charge in [0, 0.05) is 44.7 Å². The minimum absolute atomic E-state index is 0.0830. The number of fused-ring (bicyclic) bond motifs is 1. The van der Waals surface area contributed by atoms with Gasteiger partial charge in [0.25, 0.3) is 11.8 Å². The van der Waals surface area contributed by atoms with Gasteiger partial charge in [0.15, 0.2) is 11.4 Å². The van der Waals surface area contributed by atoms with Crippen LogP contribution in [0.15, 0.2) is 53.8 Å². The van der Waals surface area contributed by atoms with E-state index in [1.165, 1.54) is 50.3 Å². The number of allylic oxidation sites excluding steroid dienone is 4. The van der Waals surface area contributed by atoms with Gasteiger partial charge in [-0.1, -0.05) is 12.2 Å². The Hall–Kier alpha value is -4.08. The number of nitrogens with one attached hydrogen (secondary N) is 2. The summed E-state index contributed by atoms with van der Waals surface area (Å²) in [5.41, 5.74) is 0.227. The van der Waals surface area contributed by atoms with Gasteiger partial charge in [0.1, 0.15) is 17.5 Å². The fourth-order valence-corrected chi connectivity index (χ4v) is 3.13. The van der Waals surface area contributed by atoms with Crippen LogP contribution >= 0.6 is 0 Å². The molecule has 166 valence electrons. The van der Waals surface area contributed by atoms with Gasteiger partial charge in [-0.3, -0.25) is 24.3 Å². The number of carbonyl (C=O) groups is 3. The van der Waals surface area contributed by atoms with Crippen molar-refractivity contribution in [3.8, 4) is 5.75 Å². The van der Waals surface area contributed by atoms with E-state index in [2.05, 4.69) is 20.6 Å². The number of anilines is 1. The van der Waals surface area contributed by atoms with E-state index in [0.717, 1.165) is 6.08 Å². The smallest absolute Gasteiger partial charge is 0.274 e. The number of amides is 3. The lowest BCUT2D eigenvalue weighted by Gasteiger charge is -2.18. The summed E-state index contributed by atoms with van der Waals surface area (Å²) in [6.45, 7) is 1.21. The van der Waals surface area contributed by atoms with Crippen molar-refractivity contribution in [1.29, 1.82) is 0 Å². The van der Waals surface area contributed by atoms with Gasteiger partial charge in [-0.05, 0) is 29.9 Å². The Morgan fingerprint density at radius 2 is 2.03 bits per heavy atom. The van der Waals surface area contributed by atoms with E-state index < -0.39 is 23.7 Å². The number of hydrogen-bond acceptors (Lipinski definition) is 6. The molecule has 0 spiro atoms. The van der Waals surface area contributed by atoms with Crippen molar-refractivity contribution in [2.45, 2.75) is 13.1 Å². The van der Waals surface area contributed by atoms with Crippen molar-refractivity contribution in [2.75, 3.05) is 25.5 Å². The van der Waals surface area contributed by atoms with Gasteiger partial charge < -0.3 is 15.7 Å². The van der Waals surface area contributed by atoms with E-state index in [1.807, 2.05) is 0 Å². The first-order chi connectivity index (χ1) is 15.2. The Morgan fingerprint density at radius 3 is 2.72 bits per heavy atom. The van der Waals surface area contributed by atoms with Crippen LogP contribution in [0.5, 0.6) is 5.75 Å². The fourth-order valence-electron chi connectivity index (χ4n) is 3.13. The quantitative estimate of drug-likeness (QED) is 0.649. The number of carbonyl (C=O) groups excluding carboxylic acids is 3. The number of aromatic hydroxyl groups is 1. The van der Waals surface area contributed by atoms with Crippen LogP contribution in [0.4, 0.5) is 10.2 Å². The lowest BCUT2D eigenvalue weighted by Crippen LogP contribution is -2.31. The third-order valence-electron chi connectivity index (χ3n) is 4.90. The summed E-state index contributed by atoms with van der Waals surface area (Å²) in [6.07, 6.45) is 5.38. The minimum atomic E-state index is -1.45. The molecule has 2 aromatic rings. The average molecular weight is 439 g/mol. The zero-order chi connectivity index (χ0) is 23.4. The fraction of sp³-hybridized carbons (Fsp3) is 0.227. The predicted molar refractivity (Wildman–Crippen MR) is 117 cm³/mol. The second kappa shape index (κ2) is 9.38. The maximum absolute atomic E-state index is 13.9. The van der Waals surface area contributed by atoms with Crippen LogP contribution in [0.3, 0.4) is 0 Å². The molecule has 1 unspecified atom stereocenters. The Bertz CT molecular complexity index is 1190. The number of pyridine rings is 2. The number of halogens is 1. The van der Waals surface area contributed by atoms with Crippen molar-refractivity contribution in [3.05, 3.63) is 59.5 Å². The predicted octanol–water partition coefficient (Wildman–Crippen LogP) is 1.55. The molecule has 1 atom stereocenters. The van der Waals surface area contributed by atoms with Gasteiger partial charge in [0.2, 0.25) is 5.91 Å². The summed E-state index contributed by atoms with van der Waals surface area (Å²) in [7, 11) is 2.91. The molecular formula is C22H22FN5O4. The van der Waals surface area contributed by atoms with Crippen molar-refractivity contribution < 1.29 is 23.9 Å². The monoisotopic (exact) mass is 439 g/mol. The highest BCUT2D eigenvalue weighted by Crippen LogP contribution is 2.32. The summed E-state index contributed by atoms with van der Waals surface area (Å²) in [4.78, 5) is 46.5. The first-order valence-corrected chi connectivity index (χ1v) is 9.70. The molecule has 2 aromatic heterocycles. The maximum Gasteiger partial charge on any atom is 0.274 e. The van der Waals surface area contributed by atoms with E-state index in [1.54, 1.807) is 12.1 Å². The highest BCUT2D eigenvalue weighted by molar-refractivity contribution is 6.07. The molecule has 32 heavy (non-hydrogen) atoms. The number of nitrogens with zero attached hydrogens (tertiary/aromatic N) is 3. The molecule has 2 heterocycles. The second-order valence-corrected chi connectivity index (χ2v) is 6.97. The van der Waals surface area contributed by atoms with Crippen LogP contribution in [-0.4, -0.2) is 59.6 Å². The Kier molecular flexibility index (Phi) is 6.62. The van der Waals surface area contributed by atoms with Crippen molar-refractivity contribution in [1.82, 2.24) is 20.6 Å². The summed E-state index contributed by atoms with van der Waals surface area (Å²) in [6, 6.07) is 3.25. The molecule has 0 fully saturated rings. The topological polar surface area (TPSA) is 125 Å². The zero-order valence-corrected chi connectivity index (χ0v) is 17.7. The molecule has 0 aromatic carbocycles. The van der Waals surface area contributed by atoms with E-state index >= 15 is 0 Å². The summed E-state index contributed by atoms with van der Waals surface area (Å²) >= 11 is 0. The minimum Gasteiger partial charge on any atom is -0.504 e. The van der Waals surface area contributed by atoms with Crippen molar-refractivity contribution in [3.63, 3.8) is 0 Å². The maximum atomic E-state index is 13.9. The number of hydrogen-bond donors (Lipinski definition) is 3. The molecule has 10 heteroatoms. The number of likely N-dealkylation sites (N-methyl/N-ethyl adjacent to an activating group) is 1. The molecule has 3 rings (SSSR count). The standard InChI is InChI=1S/C22H22FN5O4/c1-12(29)28(3)20-15-8-5-9-25-17(15)19(30)18(27-20)22(32)26-11-13-6-4-7-14(23)10-16(13)21(31)24-2/h4-10,14,30H,11H2,1-3H3,(H,24,31)(H,26,32). The van der Waals surface area contributed by atoms with E-state index in [0.29, 0.717) is 11.0 Å². The first-order valence-electron chi connectivity index (χ1n) is 9.70. The summed E-state index contributed by atoms with van der Waals surface area (Å²) in [5.74, 6) is -1.87. The van der Waals surface area contributed by atoms with Crippen LogP contribution in [0.2, 0.25) is 0 Å². The molecule has 0 aliphatic heterocycles. The third-order valence-corrected chi connectivity index (χ3v) is 4.90. The number of rotatable bonds is 5. The normalized spacial score (nSPS) is 15.4. The molecule has 3 amide bonds.